The number of carbonyl (C=O) groups is 1. The molecule has 1 amide bonds. The van der Waals surface area contributed by atoms with E-state index in [1.54, 1.807) is 6.07 Å². The van der Waals surface area contributed by atoms with Crippen molar-refractivity contribution in [2.45, 2.75) is 26.0 Å². The van der Waals surface area contributed by atoms with Crippen LogP contribution in [0, 0.1) is 13.8 Å². The molecule has 5 heteroatoms. The number of carbonyl (C=O) groups excluding carboxylic acids is 1. The Labute approximate surface area is 114 Å². The maximum absolute atomic E-state index is 11.9. The zero-order valence-electron chi connectivity index (χ0n) is 11.4. The minimum atomic E-state index is -3.48. The molecule has 0 saturated carbocycles. The van der Waals surface area contributed by atoms with E-state index in [9.17, 15) is 13.2 Å². The van der Waals surface area contributed by atoms with E-state index in [1.807, 2.05) is 26.0 Å². The second-order valence-corrected chi connectivity index (χ2v) is 6.93. The summed E-state index contributed by atoms with van der Waals surface area (Å²) in [4.78, 5) is 11.9. The highest BCUT2D eigenvalue weighted by Gasteiger charge is 2.26. The van der Waals surface area contributed by atoms with E-state index in [0.29, 0.717) is 5.69 Å². The normalized spacial score (nSPS) is 12.8. The van der Waals surface area contributed by atoms with Crippen LogP contribution in [0.25, 0.3) is 0 Å². The number of nitrogens with one attached hydrogen (secondary N) is 1. The molecular weight excluding hydrogens is 262 g/mol. The summed E-state index contributed by atoms with van der Waals surface area (Å²) in [6.07, 6.45) is 1.29. The fraction of sp³-hybridized carbons (Fsp3) is 0.357. The third kappa shape index (κ3) is 3.92. The van der Waals surface area contributed by atoms with Crippen LogP contribution in [0.3, 0.4) is 0 Å². The predicted molar refractivity (Wildman–Crippen MR) is 78.0 cm³/mol. The van der Waals surface area contributed by atoms with Gasteiger partial charge in [0.1, 0.15) is 5.25 Å². The van der Waals surface area contributed by atoms with Gasteiger partial charge in [0.25, 0.3) is 0 Å². The first-order chi connectivity index (χ1) is 8.77. The molecule has 4 nitrogen and oxygen atoms in total. The van der Waals surface area contributed by atoms with Crippen molar-refractivity contribution in [2.24, 2.45) is 0 Å². The van der Waals surface area contributed by atoms with E-state index in [0.717, 1.165) is 11.1 Å². The molecule has 1 aromatic rings. The van der Waals surface area contributed by atoms with Gasteiger partial charge >= 0.3 is 0 Å². The van der Waals surface area contributed by atoms with Crippen LogP contribution >= 0.6 is 0 Å². The predicted octanol–water partition coefficient (Wildman–Crippen LogP) is 2.23. The van der Waals surface area contributed by atoms with E-state index in [-0.39, 0.29) is 5.75 Å². The van der Waals surface area contributed by atoms with Crippen molar-refractivity contribution in [2.75, 3.05) is 11.1 Å². The molecule has 1 aromatic carbocycles. The molecule has 0 heterocycles. The third-order valence-electron chi connectivity index (χ3n) is 2.90. The first-order valence-electron chi connectivity index (χ1n) is 5.98. The number of anilines is 1. The Kier molecular flexibility index (Phi) is 4.89. The lowest BCUT2D eigenvalue weighted by Crippen LogP contribution is -2.33. The van der Waals surface area contributed by atoms with Crippen LogP contribution in [0.5, 0.6) is 0 Å². The number of amides is 1. The van der Waals surface area contributed by atoms with Gasteiger partial charge in [-0.25, -0.2) is 8.42 Å². The zero-order chi connectivity index (χ0) is 14.6. The number of aryl methyl sites for hydroxylation is 2. The lowest BCUT2D eigenvalue weighted by atomic mass is 10.1. The summed E-state index contributed by atoms with van der Waals surface area (Å²) in [5.41, 5.74) is 2.63. The quantitative estimate of drug-likeness (QED) is 0.842. The highest BCUT2D eigenvalue weighted by Crippen LogP contribution is 2.17. The Morgan fingerprint density at radius 1 is 1.42 bits per heavy atom. The van der Waals surface area contributed by atoms with Crippen LogP contribution in [0.2, 0.25) is 0 Å². The summed E-state index contributed by atoms with van der Waals surface area (Å²) in [5.74, 6) is -0.720. The molecule has 0 aliphatic rings. The maximum Gasteiger partial charge on any atom is 0.242 e. The molecule has 0 saturated heterocycles. The molecule has 1 N–H and O–H groups in total. The summed E-state index contributed by atoms with van der Waals surface area (Å²) in [5, 5.41) is 1.56. The third-order valence-corrected chi connectivity index (χ3v) is 4.89. The number of sulfone groups is 1. The van der Waals surface area contributed by atoms with E-state index in [2.05, 4.69) is 11.9 Å². The number of hydrogen-bond acceptors (Lipinski definition) is 3. The molecule has 19 heavy (non-hydrogen) atoms. The average Bonchev–Trinajstić information content (AvgIpc) is 2.31. The Morgan fingerprint density at radius 3 is 2.58 bits per heavy atom. The van der Waals surface area contributed by atoms with Crippen LogP contribution in [0.4, 0.5) is 5.69 Å². The minimum absolute atomic E-state index is 0.200. The van der Waals surface area contributed by atoms with Gasteiger partial charge in [0, 0.05) is 5.69 Å². The summed E-state index contributed by atoms with van der Waals surface area (Å²) in [7, 11) is -3.48. The average molecular weight is 281 g/mol. The number of hydrogen-bond donors (Lipinski definition) is 1. The molecule has 0 radical (unpaired) electrons. The Balaban J connectivity index is 2.88. The van der Waals surface area contributed by atoms with Crippen molar-refractivity contribution < 1.29 is 13.2 Å². The van der Waals surface area contributed by atoms with Gasteiger partial charge in [-0.3, -0.25) is 4.79 Å². The molecule has 0 aliphatic carbocycles. The van der Waals surface area contributed by atoms with Gasteiger partial charge in [-0.15, -0.1) is 6.58 Å². The molecule has 0 aliphatic heterocycles. The Hall–Kier alpha value is -1.62. The zero-order valence-corrected chi connectivity index (χ0v) is 12.3. The van der Waals surface area contributed by atoms with Gasteiger partial charge in [-0.05, 0) is 32.4 Å². The van der Waals surface area contributed by atoms with Crippen molar-refractivity contribution in [3.8, 4) is 0 Å². The van der Waals surface area contributed by atoms with Gasteiger partial charge in [-0.2, -0.15) is 0 Å². The highest BCUT2D eigenvalue weighted by atomic mass is 32.2. The number of benzene rings is 1. The van der Waals surface area contributed by atoms with Crippen molar-refractivity contribution in [1.82, 2.24) is 0 Å². The summed E-state index contributed by atoms with van der Waals surface area (Å²) in [6.45, 7) is 8.59. The van der Waals surface area contributed by atoms with Crippen LogP contribution in [-0.2, 0) is 14.6 Å². The molecule has 1 unspecified atom stereocenters. The van der Waals surface area contributed by atoms with Crippen LogP contribution in [0.1, 0.15) is 18.1 Å². The van der Waals surface area contributed by atoms with Gasteiger partial charge in [-0.1, -0.05) is 23.8 Å². The molecule has 1 rings (SSSR count). The fourth-order valence-corrected chi connectivity index (χ4v) is 2.66. The van der Waals surface area contributed by atoms with E-state index in [4.69, 9.17) is 0 Å². The lowest BCUT2D eigenvalue weighted by Gasteiger charge is -2.14. The molecular formula is C14H19NO3S. The van der Waals surface area contributed by atoms with Gasteiger partial charge in [0.05, 0.1) is 5.75 Å². The highest BCUT2D eigenvalue weighted by molar-refractivity contribution is 7.92. The first kappa shape index (κ1) is 15.4. The summed E-state index contributed by atoms with van der Waals surface area (Å²) in [6, 6.07) is 5.57. The molecule has 1 atom stereocenters. The van der Waals surface area contributed by atoms with Crippen LogP contribution in [-0.4, -0.2) is 25.3 Å². The largest absolute Gasteiger partial charge is 0.325 e. The SMILES string of the molecule is C=CCS(=O)(=O)C(C)C(=O)Nc1ccc(C)cc1C. The second kappa shape index (κ2) is 6.02. The smallest absolute Gasteiger partial charge is 0.242 e. The van der Waals surface area contributed by atoms with Crippen LogP contribution < -0.4 is 5.32 Å². The van der Waals surface area contributed by atoms with Gasteiger partial charge in [0.15, 0.2) is 9.84 Å². The molecule has 0 bridgehead atoms. The monoisotopic (exact) mass is 281 g/mol. The van der Waals surface area contributed by atoms with Crippen molar-refractivity contribution in [3.05, 3.63) is 42.0 Å². The van der Waals surface area contributed by atoms with E-state index < -0.39 is 21.0 Å². The van der Waals surface area contributed by atoms with Gasteiger partial charge < -0.3 is 5.32 Å². The number of rotatable bonds is 5. The Bertz CT molecular complexity index is 591. The van der Waals surface area contributed by atoms with Crippen molar-refractivity contribution >= 4 is 21.4 Å². The minimum Gasteiger partial charge on any atom is -0.325 e. The van der Waals surface area contributed by atoms with Gasteiger partial charge in [0.2, 0.25) is 5.91 Å². The lowest BCUT2D eigenvalue weighted by molar-refractivity contribution is -0.115. The molecule has 0 spiro atoms. The topological polar surface area (TPSA) is 63.2 Å². The Morgan fingerprint density at radius 2 is 2.05 bits per heavy atom. The second-order valence-electron chi connectivity index (χ2n) is 4.57. The fourth-order valence-electron chi connectivity index (χ4n) is 1.66. The van der Waals surface area contributed by atoms with Crippen molar-refractivity contribution in [3.63, 3.8) is 0 Å². The van der Waals surface area contributed by atoms with Crippen LogP contribution in [0.15, 0.2) is 30.9 Å². The molecule has 0 aromatic heterocycles. The van der Waals surface area contributed by atoms with E-state index >= 15 is 0 Å². The van der Waals surface area contributed by atoms with Crippen molar-refractivity contribution in [1.29, 1.82) is 0 Å². The standard InChI is InChI=1S/C14H19NO3S/c1-5-8-19(17,18)12(4)14(16)15-13-7-6-10(2)9-11(13)3/h5-7,9,12H,1,8H2,2-4H3,(H,15,16). The van der Waals surface area contributed by atoms with E-state index in [1.165, 1.54) is 13.0 Å². The molecule has 0 fully saturated rings. The summed E-state index contributed by atoms with van der Waals surface area (Å²) >= 11 is 0. The molecule has 104 valence electrons. The first-order valence-corrected chi connectivity index (χ1v) is 7.70. The maximum atomic E-state index is 11.9. The summed E-state index contributed by atoms with van der Waals surface area (Å²) < 4.78 is 23.5.